The fraction of sp³-hybridized carbons (Fsp3) is 0.312. The van der Waals surface area contributed by atoms with Gasteiger partial charge in [0.1, 0.15) is 11.3 Å². The summed E-state index contributed by atoms with van der Waals surface area (Å²) in [4.78, 5) is 11.7. The lowest BCUT2D eigenvalue weighted by atomic mass is 10.2. The Hall–Kier alpha value is -2.07. The fourth-order valence-electron chi connectivity index (χ4n) is 2.32. The summed E-state index contributed by atoms with van der Waals surface area (Å²) in [6, 6.07) is 9.68. The summed E-state index contributed by atoms with van der Waals surface area (Å²) >= 11 is 0. The minimum atomic E-state index is -0.124. The molecule has 0 saturated carbocycles. The lowest BCUT2D eigenvalue weighted by Crippen LogP contribution is -2.30. The minimum absolute atomic E-state index is 0.124. The van der Waals surface area contributed by atoms with Gasteiger partial charge in [0.15, 0.2) is 0 Å². The molecule has 1 aliphatic heterocycles. The Balaban J connectivity index is 1.56. The number of fused-ring (bicyclic) bond motifs is 1. The molecule has 1 N–H and O–H groups in total. The van der Waals surface area contributed by atoms with Crippen LogP contribution in [0.25, 0.3) is 17.0 Å². The Morgan fingerprint density at radius 3 is 3.10 bits per heavy atom. The van der Waals surface area contributed by atoms with Gasteiger partial charge in [0.05, 0.1) is 6.10 Å². The number of rotatable bonds is 4. The number of hydrogen-bond donors (Lipinski definition) is 1. The Morgan fingerprint density at radius 2 is 2.30 bits per heavy atom. The zero-order valence-corrected chi connectivity index (χ0v) is 11.2. The van der Waals surface area contributed by atoms with Crippen molar-refractivity contribution < 1.29 is 13.9 Å². The largest absolute Gasteiger partial charge is 0.457 e. The summed E-state index contributed by atoms with van der Waals surface area (Å²) in [6.45, 7) is 1.37. The summed E-state index contributed by atoms with van der Waals surface area (Å²) in [5.41, 5.74) is 0.826. The molecule has 20 heavy (non-hydrogen) atoms. The topological polar surface area (TPSA) is 51.5 Å². The van der Waals surface area contributed by atoms with E-state index in [0.717, 1.165) is 30.4 Å². The SMILES string of the molecule is O=C(C=Cc1cc2ccccc2o1)NCC1CCCO1. The molecule has 1 saturated heterocycles. The third-order valence-corrected chi connectivity index (χ3v) is 3.37. The van der Waals surface area contributed by atoms with Crippen LogP contribution in [-0.4, -0.2) is 25.2 Å². The van der Waals surface area contributed by atoms with Gasteiger partial charge in [0.25, 0.3) is 0 Å². The second-order valence-corrected chi connectivity index (χ2v) is 4.90. The van der Waals surface area contributed by atoms with Crippen molar-refractivity contribution in [3.8, 4) is 0 Å². The van der Waals surface area contributed by atoms with Crippen molar-refractivity contribution in [2.24, 2.45) is 0 Å². The number of amides is 1. The Morgan fingerprint density at radius 1 is 1.40 bits per heavy atom. The number of nitrogens with one attached hydrogen (secondary N) is 1. The molecule has 1 unspecified atom stereocenters. The van der Waals surface area contributed by atoms with Crippen LogP contribution in [0, 0.1) is 0 Å². The molecule has 4 heteroatoms. The van der Waals surface area contributed by atoms with Crippen LogP contribution >= 0.6 is 0 Å². The number of furan rings is 1. The van der Waals surface area contributed by atoms with Crippen LogP contribution in [0.15, 0.2) is 40.8 Å². The van der Waals surface area contributed by atoms with Crippen LogP contribution in [0.2, 0.25) is 0 Å². The van der Waals surface area contributed by atoms with Gasteiger partial charge in [-0.15, -0.1) is 0 Å². The maximum Gasteiger partial charge on any atom is 0.244 e. The maximum atomic E-state index is 11.7. The van der Waals surface area contributed by atoms with E-state index in [0.29, 0.717) is 12.3 Å². The monoisotopic (exact) mass is 271 g/mol. The highest BCUT2D eigenvalue weighted by Gasteiger charge is 2.15. The zero-order valence-electron chi connectivity index (χ0n) is 11.2. The van der Waals surface area contributed by atoms with Crippen LogP contribution in [0.3, 0.4) is 0 Å². The van der Waals surface area contributed by atoms with Crippen LogP contribution in [0.1, 0.15) is 18.6 Å². The molecule has 0 bridgehead atoms. The highest BCUT2D eigenvalue weighted by atomic mass is 16.5. The number of carbonyl (C=O) groups excluding carboxylic acids is 1. The van der Waals surface area contributed by atoms with Gasteiger partial charge in [0, 0.05) is 24.6 Å². The normalized spacial score (nSPS) is 18.9. The van der Waals surface area contributed by atoms with Gasteiger partial charge in [-0.05, 0) is 31.1 Å². The highest BCUT2D eigenvalue weighted by Crippen LogP contribution is 2.19. The van der Waals surface area contributed by atoms with E-state index in [-0.39, 0.29) is 12.0 Å². The lowest BCUT2D eigenvalue weighted by Gasteiger charge is -2.08. The summed E-state index contributed by atoms with van der Waals surface area (Å²) in [7, 11) is 0. The molecule has 2 heterocycles. The Kier molecular flexibility index (Phi) is 3.83. The Bertz CT molecular complexity index is 590. The van der Waals surface area contributed by atoms with Gasteiger partial charge in [0.2, 0.25) is 5.91 Å². The van der Waals surface area contributed by atoms with E-state index in [1.807, 2.05) is 30.3 Å². The molecule has 2 aromatic rings. The maximum absolute atomic E-state index is 11.7. The van der Waals surface area contributed by atoms with Gasteiger partial charge in [-0.3, -0.25) is 4.79 Å². The van der Waals surface area contributed by atoms with E-state index >= 15 is 0 Å². The predicted molar refractivity (Wildman–Crippen MR) is 77.2 cm³/mol. The number of carbonyl (C=O) groups is 1. The number of ether oxygens (including phenoxy) is 1. The molecule has 1 atom stereocenters. The average Bonchev–Trinajstić information content (AvgIpc) is 3.11. The standard InChI is InChI=1S/C16H17NO3/c18-16(17-11-14-5-3-9-19-14)8-7-13-10-12-4-1-2-6-15(12)20-13/h1-2,4,6-8,10,14H,3,5,9,11H2,(H,17,18). The van der Waals surface area contributed by atoms with E-state index in [4.69, 9.17) is 9.15 Å². The third kappa shape index (κ3) is 3.08. The van der Waals surface area contributed by atoms with Gasteiger partial charge >= 0.3 is 0 Å². The number of hydrogen-bond acceptors (Lipinski definition) is 3. The summed E-state index contributed by atoms with van der Waals surface area (Å²) in [5, 5.41) is 3.87. The van der Waals surface area contributed by atoms with Crippen molar-refractivity contribution in [1.29, 1.82) is 0 Å². The molecule has 3 rings (SSSR count). The fourth-order valence-corrected chi connectivity index (χ4v) is 2.32. The van der Waals surface area contributed by atoms with E-state index in [9.17, 15) is 4.79 Å². The first-order valence-electron chi connectivity index (χ1n) is 6.87. The summed E-state index contributed by atoms with van der Waals surface area (Å²) in [6.07, 6.45) is 5.44. The molecule has 0 aliphatic carbocycles. The van der Waals surface area contributed by atoms with Gasteiger partial charge in [-0.1, -0.05) is 18.2 Å². The molecule has 0 spiro atoms. The molecule has 1 fully saturated rings. The van der Waals surface area contributed by atoms with Crippen LogP contribution in [0.4, 0.5) is 0 Å². The average molecular weight is 271 g/mol. The molecule has 4 nitrogen and oxygen atoms in total. The van der Waals surface area contributed by atoms with Crippen LogP contribution in [-0.2, 0) is 9.53 Å². The van der Waals surface area contributed by atoms with Gasteiger partial charge in [-0.25, -0.2) is 0 Å². The molecular formula is C16H17NO3. The molecule has 1 aromatic heterocycles. The smallest absolute Gasteiger partial charge is 0.244 e. The number of para-hydroxylation sites is 1. The first-order chi connectivity index (χ1) is 9.81. The summed E-state index contributed by atoms with van der Waals surface area (Å²) in [5.74, 6) is 0.555. The van der Waals surface area contributed by atoms with E-state index in [1.165, 1.54) is 6.08 Å². The third-order valence-electron chi connectivity index (χ3n) is 3.37. The van der Waals surface area contributed by atoms with Crippen LogP contribution < -0.4 is 5.32 Å². The van der Waals surface area contributed by atoms with E-state index < -0.39 is 0 Å². The van der Waals surface area contributed by atoms with E-state index in [2.05, 4.69) is 5.32 Å². The second kappa shape index (κ2) is 5.92. The Labute approximate surface area is 117 Å². The molecular weight excluding hydrogens is 254 g/mol. The molecule has 1 aliphatic rings. The first kappa shape index (κ1) is 12.9. The molecule has 1 amide bonds. The minimum Gasteiger partial charge on any atom is -0.457 e. The van der Waals surface area contributed by atoms with Crippen molar-refractivity contribution >= 4 is 23.0 Å². The van der Waals surface area contributed by atoms with Gasteiger partial charge in [-0.2, -0.15) is 0 Å². The molecule has 104 valence electrons. The van der Waals surface area contributed by atoms with Crippen molar-refractivity contribution in [2.75, 3.05) is 13.2 Å². The van der Waals surface area contributed by atoms with Crippen molar-refractivity contribution in [3.63, 3.8) is 0 Å². The summed E-state index contributed by atoms with van der Waals surface area (Å²) < 4.78 is 11.1. The predicted octanol–water partition coefficient (Wildman–Crippen LogP) is 2.74. The van der Waals surface area contributed by atoms with Crippen molar-refractivity contribution in [3.05, 3.63) is 42.2 Å². The van der Waals surface area contributed by atoms with Crippen molar-refractivity contribution in [2.45, 2.75) is 18.9 Å². The number of benzene rings is 1. The van der Waals surface area contributed by atoms with Gasteiger partial charge < -0.3 is 14.5 Å². The van der Waals surface area contributed by atoms with Crippen LogP contribution in [0.5, 0.6) is 0 Å². The lowest BCUT2D eigenvalue weighted by molar-refractivity contribution is -0.116. The molecule has 0 radical (unpaired) electrons. The quantitative estimate of drug-likeness (QED) is 0.870. The van der Waals surface area contributed by atoms with Crippen molar-refractivity contribution in [1.82, 2.24) is 5.32 Å². The van der Waals surface area contributed by atoms with E-state index in [1.54, 1.807) is 6.08 Å². The first-order valence-corrected chi connectivity index (χ1v) is 6.87. The second-order valence-electron chi connectivity index (χ2n) is 4.90. The molecule has 1 aromatic carbocycles. The highest BCUT2D eigenvalue weighted by molar-refractivity contribution is 5.92. The zero-order chi connectivity index (χ0) is 13.8.